The van der Waals surface area contributed by atoms with Gasteiger partial charge in [-0.25, -0.2) is 0 Å². The molecule has 17 heavy (non-hydrogen) atoms. The molecule has 0 aliphatic heterocycles. The smallest absolute Gasteiger partial charge is 0.150 e. The summed E-state index contributed by atoms with van der Waals surface area (Å²) in [7, 11) is 0. The summed E-state index contributed by atoms with van der Waals surface area (Å²) in [6, 6.07) is 1.91. The van der Waals surface area contributed by atoms with E-state index < -0.39 is 0 Å². The largest absolute Gasteiger partial charge is 0.392 e. The number of aromatic nitrogens is 1. The number of rotatable bonds is 6. The Morgan fingerprint density at radius 3 is 2.94 bits per heavy atom. The maximum atomic E-state index is 9.88. The number of hydrogen-bond acceptors (Lipinski definition) is 4. The van der Waals surface area contributed by atoms with E-state index in [1.54, 1.807) is 0 Å². The topological polar surface area (TPSA) is 58.3 Å². The van der Waals surface area contributed by atoms with Crippen LogP contribution >= 0.6 is 0 Å². The van der Waals surface area contributed by atoms with Crippen molar-refractivity contribution < 1.29 is 9.63 Å². The van der Waals surface area contributed by atoms with Crippen LogP contribution in [0, 0.1) is 12.8 Å². The second-order valence-corrected chi connectivity index (χ2v) is 5.11. The van der Waals surface area contributed by atoms with Crippen molar-refractivity contribution in [1.29, 1.82) is 0 Å². The van der Waals surface area contributed by atoms with Crippen molar-refractivity contribution in [3.05, 3.63) is 17.5 Å². The van der Waals surface area contributed by atoms with Gasteiger partial charge < -0.3 is 14.9 Å². The molecule has 4 heteroatoms. The summed E-state index contributed by atoms with van der Waals surface area (Å²) in [4.78, 5) is 0. The summed E-state index contributed by atoms with van der Waals surface area (Å²) in [5.41, 5.74) is 0.897. The Hall–Kier alpha value is -0.870. The lowest BCUT2D eigenvalue weighted by atomic mass is 10.0. The fourth-order valence-corrected chi connectivity index (χ4v) is 2.58. The van der Waals surface area contributed by atoms with Crippen LogP contribution in [-0.2, 0) is 6.54 Å². The predicted molar refractivity (Wildman–Crippen MR) is 65.5 cm³/mol. The van der Waals surface area contributed by atoms with Gasteiger partial charge in [-0.15, -0.1) is 0 Å². The molecule has 0 radical (unpaired) electrons. The molecule has 1 heterocycles. The van der Waals surface area contributed by atoms with Crippen LogP contribution < -0.4 is 5.32 Å². The lowest BCUT2D eigenvalue weighted by Crippen LogP contribution is -2.27. The van der Waals surface area contributed by atoms with Crippen LogP contribution in [-0.4, -0.2) is 22.9 Å². The van der Waals surface area contributed by atoms with Crippen LogP contribution in [0.4, 0.5) is 0 Å². The van der Waals surface area contributed by atoms with Gasteiger partial charge in [0.15, 0.2) is 5.76 Å². The van der Waals surface area contributed by atoms with Crippen LogP contribution in [0.5, 0.6) is 0 Å². The third-order valence-electron chi connectivity index (χ3n) is 3.44. The maximum Gasteiger partial charge on any atom is 0.150 e. The molecule has 0 saturated heterocycles. The summed E-state index contributed by atoms with van der Waals surface area (Å²) >= 11 is 0. The Bertz CT molecular complexity index is 332. The van der Waals surface area contributed by atoms with Crippen molar-refractivity contribution in [2.45, 2.75) is 51.7 Å². The van der Waals surface area contributed by atoms with Gasteiger partial charge in [-0.3, -0.25) is 0 Å². The highest BCUT2D eigenvalue weighted by molar-refractivity contribution is 5.02. The second-order valence-electron chi connectivity index (χ2n) is 5.11. The standard InChI is InChI=1S/C13H22N2O2/c1-10-6-13(17-15-10)9-14-8-12(16)7-11-4-2-3-5-11/h6,11-12,14,16H,2-5,7-9H2,1H3. The molecular weight excluding hydrogens is 216 g/mol. The number of hydrogen-bond donors (Lipinski definition) is 2. The number of aliphatic hydroxyl groups is 1. The van der Waals surface area contributed by atoms with E-state index in [4.69, 9.17) is 4.52 Å². The minimum Gasteiger partial charge on any atom is -0.392 e. The third kappa shape index (κ3) is 4.13. The molecule has 1 aromatic heterocycles. The molecule has 1 atom stereocenters. The molecular formula is C13H22N2O2. The Morgan fingerprint density at radius 2 is 2.29 bits per heavy atom. The lowest BCUT2D eigenvalue weighted by Gasteiger charge is -2.15. The first-order valence-electron chi connectivity index (χ1n) is 6.55. The number of aryl methyl sites for hydroxylation is 1. The second kappa shape index (κ2) is 6.17. The van der Waals surface area contributed by atoms with Crippen LogP contribution in [0.2, 0.25) is 0 Å². The summed E-state index contributed by atoms with van der Waals surface area (Å²) in [6.07, 6.45) is 5.95. The van der Waals surface area contributed by atoms with Gasteiger partial charge in [-0.2, -0.15) is 0 Å². The summed E-state index contributed by atoms with van der Waals surface area (Å²) in [5.74, 6) is 1.56. The average molecular weight is 238 g/mol. The lowest BCUT2D eigenvalue weighted by molar-refractivity contribution is 0.139. The normalized spacial score (nSPS) is 18.7. The third-order valence-corrected chi connectivity index (χ3v) is 3.44. The van der Waals surface area contributed by atoms with Crippen LogP contribution in [0.15, 0.2) is 10.6 Å². The molecule has 0 bridgehead atoms. The summed E-state index contributed by atoms with van der Waals surface area (Å²) in [5, 5.41) is 16.9. The fraction of sp³-hybridized carbons (Fsp3) is 0.769. The zero-order valence-electron chi connectivity index (χ0n) is 10.5. The minimum atomic E-state index is -0.234. The van der Waals surface area contributed by atoms with Gasteiger partial charge in [0.05, 0.1) is 18.3 Å². The monoisotopic (exact) mass is 238 g/mol. The van der Waals surface area contributed by atoms with Gasteiger partial charge in [-0.05, 0) is 19.3 Å². The number of aliphatic hydroxyl groups excluding tert-OH is 1. The van der Waals surface area contributed by atoms with E-state index in [1.165, 1.54) is 25.7 Å². The molecule has 1 aromatic rings. The van der Waals surface area contributed by atoms with Crippen LogP contribution in [0.3, 0.4) is 0 Å². The first-order valence-corrected chi connectivity index (χ1v) is 6.55. The van der Waals surface area contributed by atoms with Gasteiger partial charge >= 0.3 is 0 Å². The SMILES string of the molecule is Cc1cc(CNCC(O)CC2CCCC2)on1. The first kappa shape index (κ1) is 12.6. The molecule has 1 aliphatic carbocycles. The van der Waals surface area contributed by atoms with Crippen LogP contribution in [0.25, 0.3) is 0 Å². The molecule has 1 unspecified atom stereocenters. The molecule has 2 rings (SSSR count). The van der Waals surface area contributed by atoms with Crippen molar-refractivity contribution in [1.82, 2.24) is 10.5 Å². The Morgan fingerprint density at radius 1 is 1.53 bits per heavy atom. The molecule has 0 amide bonds. The van der Waals surface area contributed by atoms with E-state index in [-0.39, 0.29) is 6.10 Å². The highest BCUT2D eigenvalue weighted by atomic mass is 16.5. The van der Waals surface area contributed by atoms with E-state index in [2.05, 4.69) is 10.5 Å². The van der Waals surface area contributed by atoms with E-state index in [9.17, 15) is 5.11 Å². The molecule has 0 aromatic carbocycles. The highest BCUT2D eigenvalue weighted by Gasteiger charge is 2.18. The molecule has 1 fully saturated rings. The van der Waals surface area contributed by atoms with Crippen molar-refractivity contribution in [2.24, 2.45) is 5.92 Å². The maximum absolute atomic E-state index is 9.88. The van der Waals surface area contributed by atoms with Gasteiger partial charge in [0.25, 0.3) is 0 Å². The van der Waals surface area contributed by atoms with Gasteiger partial charge in [0.1, 0.15) is 0 Å². The highest BCUT2D eigenvalue weighted by Crippen LogP contribution is 2.28. The fourth-order valence-electron chi connectivity index (χ4n) is 2.58. The van der Waals surface area contributed by atoms with E-state index >= 15 is 0 Å². The number of nitrogens with zero attached hydrogens (tertiary/aromatic N) is 1. The predicted octanol–water partition coefficient (Wildman–Crippen LogP) is 2.01. The van der Waals surface area contributed by atoms with Crippen molar-refractivity contribution in [2.75, 3.05) is 6.54 Å². The first-order chi connectivity index (χ1) is 8.24. The summed E-state index contributed by atoms with van der Waals surface area (Å²) in [6.45, 7) is 3.18. The average Bonchev–Trinajstić information content (AvgIpc) is 2.90. The van der Waals surface area contributed by atoms with Crippen molar-refractivity contribution in [3.63, 3.8) is 0 Å². The van der Waals surface area contributed by atoms with Crippen molar-refractivity contribution in [3.8, 4) is 0 Å². The Labute approximate surface area is 102 Å². The Kier molecular flexibility index (Phi) is 4.57. The minimum absolute atomic E-state index is 0.234. The molecule has 2 N–H and O–H groups in total. The summed E-state index contributed by atoms with van der Waals surface area (Å²) < 4.78 is 5.09. The quantitative estimate of drug-likeness (QED) is 0.796. The zero-order valence-corrected chi connectivity index (χ0v) is 10.5. The molecule has 4 nitrogen and oxygen atoms in total. The zero-order chi connectivity index (χ0) is 12.1. The van der Waals surface area contributed by atoms with E-state index in [0.29, 0.717) is 13.1 Å². The molecule has 96 valence electrons. The molecule has 1 saturated carbocycles. The molecule has 0 spiro atoms. The van der Waals surface area contributed by atoms with Gasteiger partial charge in [0, 0.05) is 12.6 Å². The molecule has 1 aliphatic rings. The van der Waals surface area contributed by atoms with E-state index in [0.717, 1.165) is 23.8 Å². The van der Waals surface area contributed by atoms with Crippen LogP contribution in [0.1, 0.15) is 43.6 Å². The Balaban J connectivity index is 1.60. The van der Waals surface area contributed by atoms with Crippen molar-refractivity contribution >= 4 is 0 Å². The number of nitrogens with one attached hydrogen (secondary N) is 1. The van der Waals surface area contributed by atoms with Gasteiger partial charge in [-0.1, -0.05) is 30.8 Å². The van der Waals surface area contributed by atoms with E-state index in [1.807, 2.05) is 13.0 Å². The van der Waals surface area contributed by atoms with Gasteiger partial charge in [0.2, 0.25) is 0 Å².